The van der Waals surface area contributed by atoms with E-state index in [-0.39, 0.29) is 11.1 Å². The minimum absolute atomic E-state index is 0.113. The molecule has 0 unspecified atom stereocenters. The maximum atomic E-state index is 13.3. The Labute approximate surface area is 161 Å². The summed E-state index contributed by atoms with van der Waals surface area (Å²) < 4.78 is 3.38. The highest BCUT2D eigenvalue weighted by atomic mass is 32.1. The van der Waals surface area contributed by atoms with E-state index in [0.29, 0.717) is 12.1 Å². The summed E-state index contributed by atoms with van der Waals surface area (Å²) in [4.78, 5) is 14.3. The van der Waals surface area contributed by atoms with Gasteiger partial charge in [-0.25, -0.2) is 4.68 Å². The predicted molar refractivity (Wildman–Crippen MR) is 110 cm³/mol. The van der Waals surface area contributed by atoms with Gasteiger partial charge in [-0.3, -0.25) is 9.48 Å². The van der Waals surface area contributed by atoms with Crippen molar-refractivity contribution in [1.29, 1.82) is 0 Å². The van der Waals surface area contributed by atoms with E-state index in [9.17, 15) is 4.79 Å². The SMILES string of the molecule is Cc1ccc(Cn2nc(-c3cccs3)c3cnn(C(C)(C)C)c3c2=O)cc1. The molecule has 0 N–H and O–H groups in total. The fourth-order valence-corrected chi connectivity index (χ4v) is 3.87. The molecule has 0 radical (unpaired) electrons. The van der Waals surface area contributed by atoms with Crippen molar-refractivity contribution in [1.82, 2.24) is 19.6 Å². The maximum Gasteiger partial charge on any atom is 0.293 e. The summed E-state index contributed by atoms with van der Waals surface area (Å²) in [6.07, 6.45) is 1.76. The lowest BCUT2D eigenvalue weighted by Gasteiger charge is -2.20. The van der Waals surface area contributed by atoms with Crippen LogP contribution in [0, 0.1) is 6.92 Å². The molecule has 27 heavy (non-hydrogen) atoms. The molecular weight excluding hydrogens is 356 g/mol. The van der Waals surface area contributed by atoms with Crippen LogP contribution in [-0.4, -0.2) is 19.6 Å². The number of benzene rings is 1. The quantitative estimate of drug-likeness (QED) is 0.530. The second kappa shape index (κ2) is 6.46. The van der Waals surface area contributed by atoms with Crippen LogP contribution in [0.4, 0.5) is 0 Å². The Morgan fingerprint density at radius 1 is 1.11 bits per heavy atom. The molecular formula is C21H22N4OS. The molecule has 6 heteroatoms. The van der Waals surface area contributed by atoms with Crippen LogP contribution in [0.1, 0.15) is 31.9 Å². The van der Waals surface area contributed by atoms with E-state index < -0.39 is 0 Å². The second-order valence-electron chi connectivity index (χ2n) is 7.76. The Hall–Kier alpha value is -2.73. The first kappa shape index (κ1) is 17.7. The van der Waals surface area contributed by atoms with Crippen molar-refractivity contribution in [2.75, 3.05) is 0 Å². The molecule has 0 saturated heterocycles. The molecule has 1 aromatic carbocycles. The molecule has 0 aliphatic heterocycles. The summed E-state index contributed by atoms with van der Waals surface area (Å²) in [5, 5.41) is 12.1. The first-order valence-corrected chi connectivity index (χ1v) is 9.81. The van der Waals surface area contributed by atoms with E-state index in [4.69, 9.17) is 5.10 Å². The van der Waals surface area contributed by atoms with Crippen LogP contribution in [0.15, 0.2) is 52.8 Å². The Kier molecular flexibility index (Phi) is 4.23. The number of hydrogen-bond acceptors (Lipinski definition) is 4. The van der Waals surface area contributed by atoms with Crippen molar-refractivity contribution < 1.29 is 0 Å². The van der Waals surface area contributed by atoms with Gasteiger partial charge in [-0.1, -0.05) is 35.9 Å². The molecule has 3 heterocycles. The Balaban J connectivity index is 1.97. The average Bonchev–Trinajstić information content (AvgIpc) is 3.28. The largest absolute Gasteiger partial charge is 0.293 e. The van der Waals surface area contributed by atoms with Crippen molar-refractivity contribution in [3.63, 3.8) is 0 Å². The van der Waals surface area contributed by atoms with Crippen LogP contribution in [-0.2, 0) is 12.1 Å². The molecule has 0 fully saturated rings. The van der Waals surface area contributed by atoms with Crippen LogP contribution in [0.3, 0.4) is 0 Å². The summed E-state index contributed by atoms with van der Waals surface area (Å²) in [5.74, 6) is 0. The molecule has 3 aromatic heterocycles. The lowest BCUT2D eigenvalue weighted by molar-refractivity contribution is 0.366. The lowest BCUT2D eigenvalue weighted by Crippen LogP contribution is -2.30. The summed E-state index contributed by atoms with van der Waals surface area (Å²) >= 11 is 1.62. The molecule has 0 amide bonds. The Morgan fingerprint density at radius 2 is 1.85 bits per heavy atom. The smallest absolute Gasteiger partial charge is 0.265 e. The van der Waals surface area contributed by atoms with Gasteiger partial charge in [-0.05, 0) is 44.7 Å². The van der Waals surface area contributed by atoms with E-state index in [1.807, 2.05) is 34.3 Å². The lowest BCUT2D eigenvalue weighted by atomic mass is 10.1. The Morgan fingerprint density at radius 3 is 2.48 bits per heavy atom. The number of fused-ring (bicyclic) bond motifs is 1. The van der Waals surface area contributed by atoms with Crippen LogP contribution in [0.25, 0.3) is 21.5 Å². The average molecular weight is 379 g/mol. The van der Waals surface area contributed by atoms with E-state index in [0.717, 1.165) is 21.5 Å². The molecule has 0 bridgehead atoms. The van der Waals surface area contributed by atoms with Gasteiger partial charge in [0.2, 0.25) is 0 Å². The second-order valence-corrected chi connectivity index (χ2v) is 8.71. The highest BCUT2D eigenvalue weighted by molar-refractivity contribution is 7.13. The summed E-state index contributed by atoms with van der Waals surface area (Å²) in [7, 11) is 0. The van der Waals surface area contributed by atoms with Gasteiger partial charge in [0.25, 0.3) is 5.56 Å². The number of aryl methyl sites for hydroxylation is 1. The first-order valence-electron chi connectivity index (χ1n) is 8.93. The van der Waals surface area contributed by atoms with Gasteiger partial charge in [0.05, 0.1) is 28.5 Å². The fourth-order valence-electron chi connectivity index (χ4n) is 3.15. The monoisotopic (exact) mass is 378 g/mol. The van der Waals surface area contributed by atoms with Gasteiger partial charge in [0, 0.05) is 0 Å². The number of rotatable bonds is 3. The van der Waals surface area contributed by atoms with Crippen LogP contribution < -0.4 is 5.56 Å². The molecule has 4 rings (SSSR count). The third-order valence-electron chi connectivity index (χ3n) is 4.52. The molecule has 5 nitrogen and oxygen atoms in total. The highest BCUT2D eigenvalue weighted by Gasteiger charge is 2.23. The van der Waals surface area contributed by atoms with Gasteiger partial charge in [-0.2, -0.15) is 10.2 Å². The normalized spacial score (nSPS) is 12.0. The molecule has 4 aromatic rings. The third-order valence-corrected chi connectivity index (χ3v) is 5.40. The molecule has 138 valence electrons. The first-order chi connectivity index (χ1) is 12.8. The number of nitrogens with zero attached hydrogens (tertiary/aromatic N) is 4. The van der Waals surface area contributed by atoms with E-state index in [1.165, 1.54) is 5.56 Å². The topological polar surface area (TPSA) is 52.7 Å². The van der Waals surface area contributed by atoms with Crippen molar-refractivity contribution >= 4 is 22.2 Å². The molecule has 0 spiro atoms. The maximum absolute atomic E-state index is 13.3. The standard InChI is InChI=1S/C21H22N4OS/c1-14-7-9-15(10-8-14)13-24-20(26)19-16(12-22-25(19)21(2,3)4)18(23-24)17-6-5-11-27-17/h5-12H,13H2,1-4H3. The van der Waals surface area contributed by atoms with Gasteiger partial charge in [0.1, 0.15) is 11.2 Å². The minimum Gasteiger partial charge on any atom is -0.265 e. The van der Waals surface area contributed by atoms with E-state index in [2.05, 4.69) is 44.9 Å². The van der Waals surface area contributed by atoms with Crippen LogP contribution >= 0.6 is 11.3 Å². The summed E-state index contributed by atoms with van der Waals surface area (Å²) in [5.41, 5.74) is 3.25. The van der Waals surface area contributed by atoms with E-state index >= 15 is 0 Å². The zero-order valence-corrected chi connectivity index (χ0v) is 16.7. The van der Waals surface area contributed by atoms with Crippen LogP contribution in [0.2, 0.25) is 0 Å². The van der Waals surface area contributed by atoms with Gasteiger partial charge in [0.15, 0.2) is 0 Å². The molecule has 0 atom stereocenters. The minimum atomic E-state index is -0.295. The fraction of sp³-hybridized carbons (Fsp3) is 0.286. The highest BCUT2D eigenvalue weighted by Crippen LogP contribution is 2.30. The number of aromatic nitrogens is 4. The zero-order chi connectivity index (χ0) is 19.2. The van der Waals surface area contributed by atoms with Crippen molar-refractivity contribution in [3.05, 3.63) is 69.5 Å². The molecule has 0 aliphatic carbocycles. The van der Waals surface area contributed by atoms with Gasteiger partial charge >= 0.3 is 0 Å². The van der Waals surface area contributed by atoms with Crippen molar-refractivity contribution in [2.45, 2.75) is 39.8 Å². The molecule has 0 saturated carbocycles. The van der Waals surface area contributed by atoms with Crippen molar-refractivity contribution in [2.24, 2.45) is 0 Å². The summed E-state index contributed by atoms with van der Waals surface area (Å²) in [6.45, 7) is 8.64. The third kappa shape index (κ3) is 3.21. The van der Waals surface area contributed by atoms with E-state index in [1.54, 1.807) is 22.2 Å². The van der Waals surface area contributed by atoms with Crippen LogP contribution in [0.5, 0.6) is 0 Å². The van der Waals surface area contributed by atoms with Gasteiger partial charge in [-0.15, -0.1) is 11.3 Å². The number of thiophene rings is 1. The van der Waals surface area contributed by atoms with Crippen molar-refractivity contribution in [3.8, 4) is 10.6 Å². The predicted octanol–water partition coefficient (Wildman–Crippen LogP) is 4.43. The summed E-state index contributed by atoms with van der Waals surface area (Å²) in [6, 6.07) is 12.2. The number of hydrogen-bond donors (Lipinski definition) is 0. The van der Waals surface area contributed by atoms with Gasteiger partial charge < -0.3 is 0 Å². The zero-order valence-electron chi connectivity index (χ0n) is 15.9. The Bertz CT molecular complexity index is 1150. The molecule has 0 aliphatic rings.